The predicted octanol–water partition coefficient (Wildman–Crippen LogP) is 6.69. The third-order valence-electron chi connectivity index (χ3n) is 4.26. The number of ether oxygens (including phenoxy) is 2. The van der Waals surface area contributed by atoms with Crippen LogP contribution in [0.15, 0.2) is 65.7 Å². The quantitative estimate of drug-likeness (QED) is 0.419. The van der Waals surface area contributed by atoms with E-state index in [4.69, 9.17) is 21.1 Å². The molecule has 3 rings (SSSR count). The number of benzene rings is 3. The van der Waals surface area contributed by atoms with Crippen molar-refractivity contribution in [2.24, 2.45) is 4.99 Å². The SMILES string of the molecule is CCOc1cc(C=Nc2ccc(C)cc2C)cc(Cl)c1OCc1ccccc1. The first-order valence-corrected chi connectivity index (χ1v) is 9.69. The molecule has 0 saturated heterocycles. The van der Waals surface area contributed by atoms with Crippen molar-refractivity contribution in [3.05, 3.63) is 87.9 Å². The van der Waals surface area contributed by atoms with Gasteiger partial charge in [0.2, 0.25) is 0 Å². The van der Waals surface area contributed by atoms with E-state index in [9.17, 15) is 0 Å². The van der Waals surface area contributed by atoms with Crippen LogP contribution in [0.25, 0.3) is 0 Å². The van der Waals surface area contributed by atoms with Crippen molar-refractivity contribution in [2.45, 2.75) is 27.4 Å². The minimum Gasteiger partial charge on any atom is -0.490 e. The maximum Gasteiger partial charge on any atom is 0.180 e. The normalized spacial score (nSPS) is 11.0. The molecule has 0 atom stereocenters. The summed E-state index contributed by atoms with van der Waals surface area (Å²) in [5.41, 5.74) is 5.22. The highest BCUT2D eigenvalue weighted by Gasteiger charge is 2.12. The van der Waals surface area contributed by atoms with Crippen LogP contribution in [-0.4, -0.2) is 12.8 Å². The number of rotatable bonds is 7. The molecule has 0 unspecified atom stereocenters. The fraction of sp³-hybridized carbons (Fsp3) is 0.208. The van der Waals surface area contributed by atoms with Crippen LogP contribution in [0.5, 0.6) is 11.5 Å². The Morgan fingerprint density at radius 1 is 0.964 bits per heavy atom. The van der Waals surface area contributed by atoms with Gasteiger partial charge in [0.25, 0.3) is 0 Å². The van der Waals surface area contributed by atoms with Crippen LogP contribution in [0, 0.1) is 13.8 Å². The van der Waals surface area contributed by atoms with Gasteiger partial charge in [0, 0.05) is 6.21 Å². The maximum atomic E-state index is 6.50. The molecule has 0 aliphatic carbocycles. The molecule has 0 heterocycles. The van der Waals surface area contributed by atoms with E-state index in [1.165, 1.54) is 5.56 Å². The van der Waals surface area contributed by atoms with Gasteiger partial charge in [-0.15, -0.1) is 0 Å². The van der Waals surface area contributed by atoms with E-state index >= 15 is 0 Å². The Hall–Kier alpha value is -2.78. The highest BCUT2D eigenvalue weighted by molar-refractivity contribution is 6.32. The van der Waals surface area contributed by atoms with E-state index in [0.717, 1.165) is 22.4 Å². The lowest BCUT2D eigenvalue weighted by atomic mass is 10.1. The Kier molecular flexibility index (Phi) is 6.72. The second kappa shape index (κ2) is 9.43. The van der Waals surface area contributed by atoms with Crippen molar-refractivity contribution < 1.29 is 9.47 Å². The van der Waals surface area contributed by atoms with Crippen molar-refractivity contribution in [3.63, 3.8) is 0 Å². The third-order valence-corrected chi connectivity index (χ3v) is 4.54. The van der Waals surface area contributed by atoms with Gasteiger partial charge in [-0.1, -0.05) is 59.6 Å². The van der Waals surface area contributed by atoms with Crippen molar-refractivity contribution in [1.29, 1.82) is 0 Å². The molecule has 144 valence electrons. The number of aryl methyl sites for hydroxylation is 2. The molecule has 0 aliphatic rings. The molecule has 0 aromatic heterocycles. The van der Waals surface area contributed by atoms with Crippen molar-refractivity contribution in [3.8, 4) is 11.5 Å². The summed E-state index contributed by atoms with van der Waals surface area (Å²) in [6.45, 7) is 7.01. The van der Waals surface area contributed by atoms with E-state index in [0.29, 0.717) is 29.7 Å². The summed E-state index contributed by atoms with van der Waals surface area (Å²) in [6.07, 6.45) is 1.80. The van der Waals surface area contributed by atoms with E-state index in [-0.39, 0.29) is 0 Å². The van der Waals surface area contributed by atoms with Crippen LogP contribution in [0.3, 0.4) is 0 Å². The summed E-state index contributed by atoms with van der Waals surface area (Å²) in [5.74, 6) is 1.17. The minimum atomic E-state index is 0.427. The fourth-order valence-electron chi connectivity index (χ4n) is 2.89. The van der Waals surface area contributed by atoms with E-state index in [1.807, 2.05) is 55.5 Å². The first-order chi connectivity index (χ1) is 13.6. The first kappa shape index (κ1) is 20.0. The molecular weight excluding hydrogens is 370 g/mol. The Bertz CT molecular complexity index is 968. The van der Waals surface area contributed by atoms with E-state index in [1.54, 1.807) is 6.21 Å². The smallest absolute Gasteiger partial charge is 0.180 e. The van der Waals surface area contributed by atoms with Crippen molar-refractivity contribution in [2.75, 3.05) is 6.61 Å². The van der Waals surface area contributed by atoms with Crippen LogP contribution < -0.4 is 9.47 Å². The molecule has 0 radical (unpaired) electrons. The molecule has 0 fully saturated rings. The van der Waals surface area contributed by atoms with Crippen LogP contribution >= 0.6 is 11.6 Å². The zero-order valence-electron chi connectivity index (χ0n) is 16.4. The highest BCUT2D eigenvalue weighted by Crippen LogP contribution is 2.37. The van der Waals surface area contributed by atoms with Crippen molar-refractivity contribution in [1.82, 2.24) is 0 Å². The van der Waals surface area contributed by atoms with Crippen LogP contribution in [0.2, 0.25) is 5.02 Å². The van der Waals surface area contributed by atoms with Gasteiger partial charge in [-0.25, -0.2) is 0 Å². The number of aliphatic imine (C=N–C) groups is 1. The highest BCUT2D eigenvalue weighted by atomic mass is 35.5. The molecule has 3 aromatic rings. The monoisotopic (exact) mass is 393 g/mol. The summed E-state index contributed by atoms with van der Waals surface area (Å²) < 4.78 is 11.7. The summed E-state index contributed by atoms with van der Waals surface area (Å²) in [4.78, 5) is 4.60. The standard InChI is InChI=1S/C24H24ClNO2/c1-4-27-23-14-20(15-26-22-11-10-17(2)12-18(22)3)13-21(25)24(23)28-16-19-8-6-5-7-9-19/h5-15H,4,16H2,1-3H3. The van der Waals surface area contributed by atoms with Gasteiger partial charge in [0.05, 0.1) is 17.3 Å². The molecule has 0 N–H and O–H groups in total. The number of hydrogen-bond acceptors (Lipinski definition) is 3. The Balaban J connectivity index is 1.84. The average molecular weight is 394 g/mol. The molecule has 0 amide bonds. The predicted molar refractivity (Wildman–Crippen MR) is 117 cm³/mol. The van der Waals surface area contributed by atoms with Gasteiger partial charge in [-0.3, -0.25) is 4.99 Å². The Morgan fingerprint density at radius 3 is 2.46 bits per heavy atom. The van der Waals surface area contributed by atoms with Gasteiger partial charge in [-0.05, 0) is 55.7 Å². The topological polar surface area (TPSA) is 30.8 Å². The summed E-state index contributed by atoms with van der Waals surface area (Å²) in [6, 6.07) is 19.9. The fourth-order valence-corrected chi connectivity index (χ4v) is 3.16. The first-order valence-electron chi connectivity index (χ1n) is 9.31. The minimum absolute atomic E-state index is 0.427. The van der Waals surface area contributed by atoms with Gasteiger partial charge < -0.3 is 9.47 Å². The largest absolute Gasteiger partial charge is 0.490 e. The molecule has 0 bridgehead atoms. The molecule has 28 heavy (non-hydrogen) atoms. The lowest BCUT2D eigenvalue weighted by Crippen LogP contribution is -2.01. The summed E-state index contributed by atoms with van der Waals surface area (Å²) >= 11 is 6.50. The third kappa shape index (κ3) is 5.14. The lowest BCUT2D eigenvalue weighted by Gasteiger charge is -2.14. The molecular formula is C24H24ClNO2. The molecule has 0 spiro atoms. The Morgan fingerprint density at radius 2 is 1.75 bits per heavy atom. The Labute approximate surface area is 171 Å². The zero-order chi connectivity index (χ0) is 19.9. The number of halogens is 1. The zero-order valence-corrected chi connectivity index (χ0v) is 17.2. The van der Waals surface area contributed by atoms with Gasteiger partial charge in [-0.2, -0.15) is 0 Å². The van der Waals surface area contributed by atoms with Crippen LogP contribution in [-0.2, 0) is 6.61 Å². The van der Waals surface area contributed by atoms with Gasteiger partial charge in [0.15, 0.2) is 11.5 Å². The number of nitrogens with zero attached hydrogens (tertiary/aromatic N) is 1. The van der Waals surface area contributed by atoms with Crippen LogP contribution in [0.1, 0.15) is 29.2 Å². The molecule has 0 aliphatic heterocycles. The maximum absolute atomic E-state index is 6.50. The molecule has 0 saturated carbocycles. The molecule has 3 aromatic carbocycles. The molecule has 4 heteroatoms. The second-order valence-electron chi connectivity index (χ2n) is 6.59. The molecule has 3 nitrogen and oxygen atoms in total. The van der Waals surface area contributed by atoms with Gasteiger partial charge in [0.1, 0.15) is 6.61 Å². The summed E-state index contributed by atoms with van der Waals surface area (Å²) in [5, 5.41) is 0.504. The van der Waals surface area contributed by atoms with Crippen molar-refractivity contribution >= 4 is 23.5 Å². The lowest BCUT2D eigenvalue weighted by molar-refractivity contribution is 0.269. The van der Waals surface area contributed by atoms with E-state index < -0.39 is 0 Å². The van der Waals surface area contributed by atoms with Gasteiger partial charge >= 0.3 is 0 Å². The summed E-state index contributed by atoms with van der Waals surface area (Å²) in [7, 11) is 0. The number of hydrogen-bond donors (Lipinski definition) is 0. The average Bonchev–Trinajstić information content (AvgIpc) is 2.68. The second-order valence-corrected chi connectivity index (χ2v) is 6.99. The van der Waals surface area contributed by atoms with E-state index in [2.05, 4.69) is 31.0 Å². The van der Waals surface area contributed by atoms with Crippen LogP contribution in [0.4, 0.5) is 5.69 Å².